The van der Waals surface area contributed by atoms with Crippen LogP contribution >= 0.6 is 11.6 Å². The molecule has 1 fully saturated rings. The third-order valence-corrected chi connectivity index (χ3v) is 5.31. The van der Waals surface area contributed by atoms with E-state index in [2.05, 4.69) is 20.2 Å². The Hall–Kier alpha value is -2.93. The highest BCUT2D eigenvalue weighted by Crippen LogP contribution is 2.24. The SMILES string of the molecule is O=c1nc(NCC2CCN(c3ccc(F)cc3)C2)ncn1Cc1ccc(Cl)cc1. The monoisotopic (exact) mass is 413 g/mol. The van der Waals surface area contributed by atoms with E-state index in [4.69, 9.17) is 11.6 Å². The highest BCUT2D eigenvalue weighted by Gasteiger charge is 2.22. The molecular weight excluding hydrogens is 393 g/mol. The van der Waals surface area contributed by atoms with Crippen LogP contribution in [0.25, 0.3) is 0 Å². The van der Waals surface area contributed by atoms with Gasteiger partial charge in [-0.2, -0.15) is 4.98 Å². The van der Waals surface area contributed by atoms with Crippen molar-refractivity contribution in [3.05, 3.63) is 81.7 Å². The van der Waals surface area contributed by atoms with E-state index in [-0.39, 0.29) is 11.5 Å². The zero-order valence-electron chi connectivity index (χ0n) is 15.8. The van der Waals surface area contributed by atoms with Gasteiger partial charge < -0.3 is 10.2 Å². The summed E-state index contributed by atoms with van der Waals surface area (Å²) < 4.78 is 14.5. The topological polar surface area (TPSA) is 63.1 Å². The summed E-state index contributed by atoms with van der Waals surface area (Å²) in [6.45, 7) is 2.86. The Labute approximate surface area is 173 Å². The molecule has 0 aliphatic carbocycles. The fraction of sp³-hybridized carbons (Fsp3) is 0.286. The molecule has 0 amide bonds. The average molecular weight is 414 g/mol. The number of anilines is 2. The average Bonchev–Trinajstić information content (AvgIpc) is 3.19. The van der Waals surface area contributed by atoms with Crippen molar-refractivity contribution in [3.63, 3.8) is 0 Å². The van der Waals surface area contributed by atoms with Crippen LogP contribution < -0.4 is 15.9 Å². The Bertz CT molecular complexity index is 1020. The van der Waals surface area contributed by atoms with Crippen molar-refractivity contribution in [1.29, 1.82) is 0 Å². The Morgan fingerprint density at radius 2 is 1.90 bits per heavy atom. The summed E-state index contributed by atoms with van der Waals surface area (Å²) in [7, 11) is 0. The summed E-state index contributed by atoms with van der Waals surface area (Å²) in [6, 6.07) is 13.9. The molecule has 1 unspecified atom stereocenters. The Balaban J connectivity index is 1.32. The van der Waals surface area contributed by atoms with Crippen molar-refractivity contribution in [2.24, 2.45) is 5.92 Å². The number of nitrogens with zero attached hydrogens (tertiary/aromatic N) is 4. The van der Waals surface area contributed by atoms with Gasteiger partial charge in [0.1, 0.15) is 12.1 Å². The second kappa shape index (κ2) is 8.61. The number of benzene rings is 2. The number of nitrogens with one attached hydrogen (secondary N) is 1. The molecule has 150 valence electrons. The second-order valence-corrected chi connectivity index (χ2v) is 7.61. The molecular formula is C21H21ClFN5O. The van der Waals surface area contributed by atoms with Gasteiger partial charge in [0.25, 0.3) is 0 Å². The lowest BCUT2D eigenvalue weighted by molar-refractivity contribution is 0.615. The number of aromatic nitrogens is 3. The van der Waals surface area contributed by atoms with Crippen LogP contribution in [0, 0.1) is 11.7 Å². The Kier molecular flexibility index (Phi) is 5.76. The molecule has 0 saturated carbocycles. The summed E-state index contributed by atoms with van der Waals surface area (Å²) in [6.07, 6.45) is 2.52. The second-order valence-electron chi connectivity index (χ2n) is 7.17. The van der Waals surface area contributed by atoms with E-state index in [0.29, 0.717) is 30.0 Å². The molecule has 4 rings (SSSR count). The van der Waals surface area contributed by atoms with Gasteiger partial charge in [-0.3, -0.25) is 4.57 Å². The molecule has 1 aliphatic heterocycles. The summed E-state index contributed by atoms with van der Waals surface area (Å²) in [5.74, 6) is 0.511. The Morgan fingerprint density at radius 3 is 2.62 bits per heavy atom. The molecule has 1 saturated heterocycles. The highest BCUT2D eigenvalue weighted by molar-refractivity contribution is 6.30. The van der Waals surface area contributed by atoms with Gasteiger partial charge in [-0.25, -0.2) is 14.2 Å². The van der Waals surface area contributed by atoms with Crippen molar-refractivity contribution in [1.82, 2.24) is 14.5 Å². The maximum absolute atomic E-state index is 13.1. The first kappa shape index (κ1) is 19.4. The zero-order chi connectivity index (χ0) is 20.2. The molecule has 2 aromatic carbocycles. The minimum absolute atomic E-state index is 0.228. The van der Waals surface area contributed by atoms with Crippen LogP contribution in [0.3, 0.4) is 0 Å². The van der Waals surface area contributed by atoms with Gasteiger partial charge in [-0.15, -0.1) is 0 Å². The summed E-state index contributed by atoms with van der Waals surface area (Å²) in [4.78, 5) is 22.8. The standard InChI is InChI=1S/C21H21ClFN5O/c22-17-3-1-15(2-4-17)12-28-14-25-20(26-21(28)29)24-11-16-9-10-27(13-16)19-7-5-18(23)6-8-19/h1-8,14,16H,9-13H2,(H,24,26,29). The fourth-order valence-corrected chi connectivity index (χ4v) is 3.58. The van der Waals surface area contributed by atoms with Gasteiger partial charge in [0.15, 0.2) is 0 Å². The van der Waals surface area contributed by atoms with Crippen molar-refractivity contribution in [2.45, 2.75) is 13.0 Å². The first-order chi connectivity index (χ1) is 14.1. The summed E-state index contributed by atoms with van der Waals surface area (Å²) in [5, 5.41) is 3.82. The third-order valence-electron chi connectivity index (χ3n) is 5.06. The maximum Gasteiger partial charge on any atom is 0.352 e. The van der Waals surface area contributed by atoms with E-state index in [0.717, 1.165) is 30.8 Å². The molecule has 0 spiro atoms. The fourth-order valence-electron chi connectivity index (χ4n) is 3.46. The van der Waals surface area contributed by atoms with Gasteiger partial charge >= 0.3 is 5.69 Å². The quantitative estimate of drug-likeness (QED) is 0.671. The van der Waals surface area contributed by atoms with Gasteiger partial charge in [-0.1, -0.05) is 23.7 Å². The molecule has 0 radical (unpaired) electrons. The van der Waals surface area contributed by atoms with Crippen LogP contribution in [0.5, 0.6) is 0 Å². The van der Waals surface area contributed by atoms with E-state index >= 15 is 0 Å². The van der Waals surface area contributed by atoms with E-state index in [1.54, 1.807) is 24.3 Å². The van der Waals surface area contributed by atoms with E-state index < -0.39 is 0 Å². The number of hydrogen-bond acceptors (Lipinski definition) is 5. The third kappa shape index (κ3) is 4.92. The molecule has 1 aliphatic rings. The van der Waals surface area contributed by atoms with Crippen molar-refractivity contribution in [2.75, 3.05) is 29.9 Å². The van der Waals surface area contributed by atoms with Gasteiger partial charge in [0.05, 0.1) is 6.54 Å². The van der Waals surface area contributed by atoms with Crippen LogP contribution in [0.2, 0.25) is 5.02 Å². The molecule has 2 heterocycles. The maximum atomic E-state index is 13.1. The summed E-state index contributed by atoms with van der Waals surface area (Å²) in [5.41, 5.74) is 1.62. The smallest absolute Gasteiger partial charge is 0.352 e. The molecule has 1 atom stereocenters. The minimum atomic E-state index is -0.350. The molecule has 29 heavy (non-hydrogen) atoms. The normalized spacial score (nSPS) is 16.2. The van der Waals surface area contributed by atoms with E-state index in [1.807, 2.05) is 12.1 Å². The van der Waals surface area contributed by atoms with Crippen molar-refractivity contribution in [3.8, 4) is 0 Å². The van der Waals surface area contributed by atoms with E-state index in [1.165, 1.54) is 23.0 Å². The minimum Gasteiger partial charge on any atom is -0.371 e. The van der Waals surface area contributed by atoms with Crippen molar-refractivity contribution < 1.29 is 4.39 Å². The molecule has 1 aromatic heterocycles. The number of rotatable bonds is 6. The molecule has 0 bridgehead atoms. The predicted octanol–water partition coefficient (Wildman–Crippen LogP) is 3.42. The lowest BCUT2D eigenvalue weighted by Gasteiger charge is -2.18. The first-order valence-electron chi connectivity index (χ1n) is 9.49. The van der Waals surface area contributed by atoms with Crippen LogP contribution in [0.4, 0.5) is 16.0 Å². The lowest BCUT2D eigenvalue weighted by atomic mass is 10.1. The van der Waals surface area contributed by atoms with Gasteiger partial charge in [0.2, 0.25) is 5.95 Å². The largest absolute Gasteiger partial charge is 0.371 e. The Morgan fingerprint density at radius 1 is 1.14 bits per heavy atom. The first-order valence-corrected chi connectivity index (χ1v) is 9.87. The van der Waals surface area contributed by atoms with Crippen LogP contribution in [-0.2, 0) is 6.54 Å². The molecule has 6 nitrogen and oxygen atoms in total. The number of hydrogen-bond donors (Lipinski definition) is 1. The highest BCUT2D eigenvalue weighted by atomic mass is 35.5. The molecule has 8 heteroatoms. The van der Waals surface area contributed by atoms with Crippen LogP contribution in [-0.4, -0.2) is 34.2 Å². The lowest BCUT2D eigenvalue weighted by Crippen LogP contribution is -2.27. The predicted molar refractivity (Wildman–Crippen MR) is 112 cm³/mol. The van der Waals surface area contributed by atoms with Gasteiger partial charge in [0, 0.05) is 30.3 Å². The van der Waals surface area contributed by atoms with Crippen LogP contribution in [0.1, 0.15) is 12.0 Å². The molecule has 3 aromatic rings. The van der Waals surface area contributed by atoms with E-state index in [9.17, 15) is 9.18 Å². The molecule has 1 N–H and O–H groups in total. The van der Waals surface area contributed by atoms with Gasteiger partial charge in [-0.05, 0) is 54.3 Å². The number of halogens is 2. The van der Waals surface area contributed by atoms with Crippen molar-refractivity contribution >= 4 is 23.2 Å². The zero-order valence-corrected chi connectivity index (χ0v) is 16.5. The van der Waals surface area contributed by atoms with Crippen LogP contribution in [0.15, 0.2) is 59.7 Å². The summed E-state index contributed by atoms with van der Waals surface area (Å²) >= 11 is 5.89.